The summed E-state index contributed by atoms with van der Waals surface area (Å²) >= 11 is 6.36. The Balaban J connectivity index is 1.54. The van der Waals surface area contributed by atoms with Gasteiger partial charge in [0.15, 0.2) is 0 Å². The molecule has 4 N–H and O–H groups in total. The van der Waals surface area contributed by atoms with Crippen LogP contribution in [0.4, 0.5) is 13.2 Å². The highest BCUT2D eigenvalue weighted by Gasteiger charge is 2.51. The van der Waals surface area contributed by atoms with Crippen LogP contribution in [0.1, 0.15) is 184 Å². The van der Waals surface area contributed by atoms with Crippen LogP contribution in [0.3, 0.4) is 0 Å². The zero-order chi connectivity index (χ0) is 68.0. The molecule has 516 valence electrons. The number of rotatable bonds is 11. The van der Waals surface area contributed by atoms with E-state index < -0.39 is 162 Å². The van der Waals surface area contributed by atoms with Gasteiger partial charge in [-0.15, -0.1) is 11.6 Å². The van der Waals surface area contributed by atoms with Crippen LogP contribution in [-0.4, -0.2) is 227 Å². The summed E-state index contributed by atoms with van der Waals surface area (Å²) in [4.78, 5) is 169. The molecule has 2 saturated heterocycles. The van der Waals surface area contributed by atoms with Crippen LogP contribution in [0.2, 0.25) is 0 Å². The zero-order valence-electron chi connectivity index (χ0n) is 56.4. The van der Waals surface area contributed by atoms with Gasteiger partial charge in [0.05, 0.1) is 25.6 Å². The molecule has 11 atom stereocenters. The van der Waals surface area contributed by atoms with Gasteiger partial charge in [0, 0.05) is 66.2 Å². The third-order valence-corrected chi connectivity index (χ3v) is 20.5. The number of nitrogens with one attached hydrogen (secondary N) is 4. The first kappa shape index (κ1) is 76.0. The van der Waals surface area contributed by atoms with Crippen molar-refractivity contribution >= 4 is 76.6 Å². The Hall–Kier alpha value is -5.75. The van der Waals surface area contributed by atoms with Gasteiger partial charge in [0.1, 0.15) is 41.8 Å². The third-order valence-electron chi connectivity index (χ3n) is 20.0. The summed E-state index contributed by atoms with van der Waals surface area (Å²) in [7, 11) is 7.26. The number of carbonyl (C=O) groups is 11. The summed E-state index contributed by atoms with van der Waals surface area (Å²) in [5, 5.41) is 10.5. The van der Waals surface area contributed by atoms with Crippen LogP contribution in [0.15, 0.2) is 0 Å². The third kappa shape index (κ3) is 20.1. The Kier molecular flexibility index (Phi) is 28.3. The van der Waals surface area contributed by atoms with Gasteiger partial charge in [-0.25, -0.2) is 0 Å². The number of halogens is 4. The molecule has 2 aliphatic heterocycles. The quantitative estimate of drug-likeness (QED) is 0.185. The van der Waals surface area contributed by atoms with Gasteiger partial charge in [0.2, 0.25) is 65.0 Å². The molecule has 22 nitrogen and oxygen atoms in total. The monoisotopic (exact) mass is 1310 g/mol. The second-order valence-corrected chi connectivity index (χ2v) is 28.4. The molecule has 3 unspecified atom stereocenters. The summed E-state index contributed by atoms with van der Waals surface area (Å²) < 4.78 is 41.7. The van der Waals surface area contributed by atoms with E-state index in [2.05, 4.69) is 21.3 Å². The number of likely N-dealkylation sites (N-methyl/N-ethyl adjacent to an activating group) is 6. The number of carbonyl (C=O) groups excluding carboxylic acids is 11. The molecule has 3 saturated carbocycles. The van der Waals surface area contributed by atoms with Crippen molar-refractivity contribution in [2.24, 2.45) is 35.5 Å². The molecule has 3 aliphatic carbocycles. The SMILES string of the molecule is CC[C@H](C)[C@@H]1NC(=O)[C@H](CC(C)C)N(C)C(=O)C[C@@H](C)NC(=O)[C@H](C(C)C)N(C)C(=O)C2(CCCC2)NC(=O)[C@@H]2CCCN2C(=O)[C@H](CCC2CCC(C(F)(F)F)C(Cl)C2)NC(=O)CN(C)C(=O)[C@H](CC2CCCCC2)N(C)C(=O)CN(CC)C(=O)CN(C)C1=O. The molecule has 0 bridgehead atoms. The minimum atomic E-state index is -4.49. The van der Waals surface area contributed by atoms with E-state index in [0.717, 1.165) is 32.1 Å². The molecule has 91 heavy (non-hydrogen) atoms. The lowest BCUT2D eigenvalue weighted by molar-refractivity contribution is -0.182. The molecule has 26 heteroatoms. The van der Waals surface area contributed by atoms with Crippen molar-refractivity contribution in [3.05, 3.63) is 0 Å². The van der Waals surface area contributed by atoms with Gasteiger partial charge in [0.25, 0.3) is 0 Å². The van der Waals surface area contributed by atoms with E-state index in [4.69, 9.17) is 11.6 Å². The predicted molar refractivity (Wildman–Crippen MR) is 338 cm³/mol. The van der Waals surface area contributed by atoms with E-state index in [0.29, 0.717) is 25.7 Å². The van der Waals surface area contributed by atoms with E-state index in [1.165, 1.54) is 69.5 Å². The van der Waals surface area contributed by atoms with Crippen LogP contribution in [0.25, 0.3) is 0 Å². The number of amides is 11. The maximum absolute atomic E-state index is 15.1. The van der Waals surface area contributed by atoms with Crippen LogP contribution in [0, 0.1) is 35.5 Å². The summed E-state index contributed by atoms with van der Waals surface area (Å²) in [5.74, 6) is -9.51. The highest BCUT2D eigenvalue weighted by atomic mass is 35.5. The molecular weight excluding hydrogens is 1200 g/mol. The van der Waals surface area contributed by atoms with Gasteiger partial charge >= 0.3 is 6.18 Å². The van der Waals surface area contributed by atoms with Crippen LogP contribution in [0.5, 0.6) is 0 Å². The van der Waals surface area contributed by atoms with Gasteiger partial charge in [-0.1, -0.05) is 92.9 Å². The van der Waals surface area contributed by atoms with Crippen molar-refractivity contribution in [2.45, 2.75) is 243 Å². The molecular formula is C65H107ClF3N11O11. The lowest BCUT2D eigenvalue weighted by atomic mass is 9.78. The molecule has 5 rings (SSSR count). The second-order valence-electron chi connectivity index (χ2n) is 27.8. The van der Waals surface area contributed by atoms with E-state index in [1.807, 2.05) is 20.8 Å². The molecule has 2 heterocycles. The number of alkyl halides is 4. The first-order valence-corrected chi connectivity index (χ1v) is 33.9. The minimum absolute atomic E-state index is 0.0148. The average Bonchev–Trinajstić information content (AvgIpc) is 1.95. The number of nitrogens with zero attached hydrogens (tertiary/aromatic N) is 7. The van der Waals surface area contributed by atoms with Crippen LogP contribution < -0.4 is 21.3 Å². The van der Waals surface area contributed by atoms with E-state index in [-0.39, 0.29) is 101 Å². The van der Waals surface area contributed by atoms with Gasteiger partial charge < -0.3 is 55.6 Å². The largest absolute Gasteiger partial charge is 0.393 e. The Morgan fingerprint density at radius 2 is 1.25 bits per heavy atom. The molecule has 0 aromatic carbocycles. The molecule has 5 fully saturated rings. The van der Waals surface area contributed by atoms with Crippen molar-refractivity contribution in [1.82, 2.24) is 55.6 Å². The molecule has 0 aromatic rings. The van der Waals surface area contributed by atoms with Crippen LogP contribution >= 0.6 is 11.6 Å². The topological polar surface area (TPSA) is 259 Å². The molecule has 1 spiro atoms. The van der Waals surface area contributed by atoms with E-state index in [9.17, 15) is 56.3 Å². The summed E-state index contributed by atoms with van der Waals surface area (Å²) in [6.07, 6.45) is 2.90. The maximum atomic E-state index is 15.1. The van der Waals surface area contributed by atoms with Crippen molar-refractivity contribution in [2.75, 3.05) is 68.0 Å². The fraction of sp³-hybridized carbons (Fsp3) is 0.831. The normalized spacial score (nSPS) is 29.7. The van der Waals surface area contributed by atoms with E-state index in [1.54, 1.807) is 34.6 Å². The smallest absolute Gasteiger partial charge is 0.351 e. The molecule has 11 amide bonds. The Morgan fingerprint density at radius 3 is 1.84 bits per heavy atom. The fourth-order valence-corrected chi connectivity index (χ4v) is 14.8. The molecule has 5 aliphatic rings. The van der Waals surface area contributed by atoms with Crippen LogP contribution in [-0.2, 0) is 52.7 Å². The maximum Gasteiger partial charge on any atom is 0.393 e. The van der Waals surface area contributed by atoms with Crippen molar-refractivity contribution in [3.63, 3.8) is 0 Å². The number of hydrogen-bond donors (Lipinski definition) is 4. The second kappa shape index (κ2) is 33.9. The van der Waals surface area contributed by atoms with Gasteiger partial charge in [-0.2, -0.15) is 13.2 Å². The lowest BCUT2D eigenvalue weighted by Crippen LogP contribution is -2.64. The summed E-state index contributed by atoms with van der Waals surface area (Å²) in [6, 6.07) is -7.58. The standard InChI is InChI=1S/C65H107ClF3N11O11/c1-14-41(7)55-62(90)75(10)37-54(84)79(15-2)38-53(83)77(12)50(35-43-22-17-16-18-23-43)61(89)74(9)36-51(81)71-47(28-26-44-25-27-45(46(66)34-44)65(67,68)69)60(88)80-31-21-24-48(80)58(86)73-64(29-19-20-30-64)63(91)78(13)56(40(5)6)59(87)70-42(8)33-52(82)76(11)49(32-39(3)4)57(85)72-55/h39-50,55-56H,14-38H2,1-13H3,(H,70,87)(H,71,81)(H,72,85)(H,73,86)/t41-,42+,44?,45?,46?,47-,48-,49-,50-,55-,56-/m0/s1. The summed E-state index contributed by atoms with van der Waals surface area (Å²) in [6.45, 7) is 12.9. The Bertz CT molecular complexity index is 2570. The minimum Gasteiger partial charge on any atom is -0.351 e. The van der Waals surface area contributed by atoms with Crippen molar-refractivity contribution in [3.8, 4) is 0 Å². The zero-order valence-corrected chi connectivity index (χ0v) is 57.1. The van der Waals surface area contributed by atoms with Crippen molar-refractivity contribution in [1.29, 1.82) is 0 Å². The van der Waals surface area contributed by atoms with Gasteiger partial charge in [-0.05, 0) is 114 Å². The Labute approximate surface area is 542 Å². The molecule has 0 aromatic heterocycles. The number of hydrogen-bond acceptors (Lipinski definition) is 11. The first-order valence-electron chi connectivity index (χ1n) is 33.5. The highest BCUT2D eigenvalue weighted by Crippen LogP contribution is 2.44. The van der Waals surface area contributed by atoms with Gasteiger partial charge in [-0.3, -0.25) is 52.7 Å². The average molecular weight is 1310 g/mol. The predicted octanol–water partition coefficient (Wildman–Crippen LogP) is 5.62. The summed E-state index contributed by atoms with van der Waals surface area (Å²) in [5.41, 5.74) is -1.48. The first-order chi connectivity index (χ1) is 42.7. The lowest BCUT2D eigenvalue weighted by Gasteiger charge is -2.39. The Morgan fingerprint density at radius 1 is 0.626 bits per heavy atom. The fourth-order valence-electron chi connectivity index (χ4n) is 14.2. The van der Waals surface area contributed by atoms with Crippen molar-refractivity contribution < 1.29 is 65.9 Å². The van der Waals surface area contributed by atoms with E-state index >= 15 is 9.59 Å². The molecule has 0 radical (unpaired) electrons. The highest BCUT2D eigenvalue weighted by molar-refractivity contribution is 6.20. The number of fused-ring (bicyclic) bond motifs is 1.